The number of nitrogens with zero attached hydrogens (tertiary/aromatic N) is 2. The molecule has 170 valence electrons. The fraction of sp³-hybridized carbons (Fsp3) is 0.167. The lowest BCUT2D eigenvalue weighted by Gasteiger charge is -2.24. The van der Waals surface area contributed by atoms with Gasteiger partial charge in [0.1, 0.15) is 6.54 Å². The van der Waals surface area contributed by atoms with E-state index >= 15 is 0 Å². The van der Waals surface area contributed by atoms with Crippen molar-refractivity contribution in [2.75, 3.05) is 17.6 Å². The number of hydrogen-bond donors (Lipinski definition) is 1. The molecule has 1 heterocycles. The maximum atomic E-state index is 13.3. The summed E-state index contributed by atoms with van der Waals surface area (Å²) in [6.07, 6.45) is 2.27. The third kappa shape index (κ3) is 5.15. The van der Waals surface area contributed by atoms with Crippen molar-refractivity contribution < 1.29 is 22.7 Å². The molecule has 1 N–H and O–H groups in total. The second-order valence-electron chi connectivity index (χ2n) is 7.25. The van der Waals surface area contributed by atoms with Crippen LogP contribution in [-0.2, 0) is 21.2 Å². The van der Waals surface area contributed by atoms with Crippen LogP contribution in [0, 0.1) is 0 Å². The van der Waals surface area contributed by atoms with Crippen LogP contribution in [0.4, 0.5) is 5.69 Å². The third-order valence-electron chi connectivity index (χ3n) is 5.05. The average molecular weight is 466 g/mol. The molecule has 3 aromatic rings. The summed E-state index contributed by atoms with van der Waals surface area (Å²) in [5.41, 5.74) is 4.55. The molecule has 0 aromatic heterocycles. The predicted octanol–water partition coefficient (Wildman–Crippen LogP) is 3.32. The molecule has 3 aromatic carbocycles. The zero-order valence-corrected chi connectivity index (χ0v) is 18.8. The van der Waals surface area contributed by atoms with Crippen molar-refractivity contribution in [2.45, 2.75) is 18.2 Å². The van der Waals surface area contributed by atoms with Gasteiger partial charge in [0, 0.05) is 0 Å². The van der Waals surface area contributed by atoms with Crippen LogP contribution < -0.4 is 19.2 Å². The number of ether oxygens (including phenoxy) is 2. The van der Waals surface area contributed by atoms with Gasteiger partial charge in [-0.25, -0.2) is 13.8 Å². The Labute approximate surface area is 192 Å². The lowest BCUT2D eigenvalue weighted by atomic mass is 10.1. The molecular weight excluding hydrogens is 442 g/mol. The topological polar surface area (TPSA) is 97.3 Å². The number of carbonyl (C=O) groups is 1. The number of nitrogens with one attached hydrogen (secondary N) is 1. The first kappa shape index (κ1) is 22.3. The molecule has 0 atom stereocenters. The highest BCUT2D eigenvalue weighted by Gasteiger charge is 2.27. The number of rotatable bonds is 8. The van der Waals surface area contributed by atoms with Crippen molar-refractivity contribution in [3.8, 4) is 11.5 Å². The minimum absolute atomic E-state index is 0.0984. The largest absolute Gasteiger partial charge is 0.454 e. The maximum Gasteiger partial charge on any atom is 0.264 e. The van der Waals surface area contributed by atoms with E-state index in [2.05, 4.69) is 10.5 Å². The Balaban J connectivity index is 1.52. The molecule has 4 rings (SSSR count). The number of hydrazone groups is 1. The molecular formula is C24H23N3O5S. The Kier molecular flexibility index (Phi) is 6.60. The van der Waals surface area contributed by atoms with E-state index in [1.54, 1.807) is 48.5 Å². The molecule has 8 nitrogen and oxygen atoms in total. The van der Waals surface area contributed by atoms with Crippen molar-refractivity contribution in [1.29, 1.82) is 0 Å². The van der Waals surface area contributed by atoms with Crippen molar-refractivity contribution in [1.82, 2.24) is 5.43 Å². The van der Waals surface area contributed by atoms with E-state index in [0.29, 0.717) is 22.7 Å². The van der Waals surface area contributed by atoms with Gasteiger partial charge in [0.2, 0.25) is 6.79 Å². The van der Waals surface area contributed by atoms with Gasteiger partial charge in [-0.05, 0) is 60.0 Å². The molecule has 1 aliphatic heterocycles. The Morgan fingerprint density at radius 1 is 1.03 bits per heavy atom. The molecule has 0 aliphatic carbocycles. The number of hydrogen-bond acceptors (Lipinski definition) is 6. The highest BCUT2D eigenvalue weighted by molar-refractivity contribution is 7.92. The fourth-order valence-electron chi connectivity index (χ4n) is 3.27. The summed E-state index contributed by atoms with van der Waals surface area (Å²) in [6, 6.07) is 20.3. The van der Waals surface area contributed by atoms with Crippen molar-refractivity contribution in [3.05, 3.63) is 83.9 Å². The number of sulfonamides is 1. The second-order valence-corrected chi connectivity index (χ2v) is 9.11. The van der Waals surface area contributed by atoms with E-state index in [9.17, 15) is 13.2 Å². The van der Waals surface area contributed by atoms with E-state index in [-0.39, 0.29) is 11.7 Å². The molecule has 0 bridgehead atoms. The highest BCUT2D eigenvalue weighted by atomic mass is 32.2. The van der Waals surface area contributed by atoms with Gasteiger partial charge in [-0.1, -0.05) is 37.3 Å². The number of fused-ring (bicyclic) bond motifs is 1. The summed E-state index contributed by atoms with van der Waals surface area (Å²) >= 11 is 0. The first-order valence-corrected chi connectivity index (χ1v) is 11.8. The first-order valence-electron chi connectivity index (χ1n) is 10.4. The average Bonchev–Trinajstić information content (AvgIpc) is 3.31. The van der Waals surface area contributed by atoms with Gasteiger partial charge in [-0.3, -0.25) is 9.10 Å². The van der Waals surface area contributed by atoms with Crippen LogP contribution in [0.15, 0.2) is 82.8 Å². The van der Waals surface area contributed by atoms with Gasteiger partial charge in [0.25, 0.3) is 15.9 Å². The summed E-state index contributed by atoms with van der Waals surface area (Å²) < 4.78 is 38.3. The van der Waals surface area contributed by atoms with E-state index in [0.717, 1.165) is 16.3 Å². The normalized spacial score (nSPS) is 12.6. The number of anilines is 1. The smallest absolute Gasteiger partial charge is 0.264 e. The van der Waals surface area contributed by atoms with Crippen LogP contribution in [-0.4, -0.2) is 33.9 Å². The number of amides is 1. The van der Waals surface area contributed by atoms with Crippen LogP contribution in [0.1, 0.15) is 18.1 Å². The Morgan fingerprint density at radius 2 is 1.76 bits per heavy atom. The predicted molar refractivity (Wildman–Crippen MR) is 125 cm³/mol. The SMILES string of the molecule is CCc1ccc(N(CC(=O)N/N=C\c2ccc3c(c2)OCO3)S(=O)(=O)c2ccccc2)cc1. The first-order chi connectivity index (χ1) is 16.0. The zero-order valence-electron chi connectivity index (χ0n) is 18.0. The highest BCUT2D eigenvalue weighted by Crippen LogP contribution is 2.32. The molecule has 0 spiro atoms. The summed E-state index contributed by atoms with van der Waals surface area (Å²) in [5, 5.41) is 3.95. The Hall–Kier alpha value is -3.85. The minimum Gasteiger partial charge on any atom is -0.454 e. The lowest BCUT2D eigenvalue weighted by Crippen LogP contribution is -2.39. The summed E-state index contributed by atoms with van der Waals surface area (Å²) in [6.45, 7) is 1.75. The Bertz CT molecular complexity index is 1260. The fourth-order valence-corrected chi connectivity index (χ4v) is 4.71. The zero-order chi connectivity index (χ0) is 23.3. The number of aryl methyl sites for hydroxylation is 1. The summed E-state index contributed by atoms with van der Waals surface area (Å²) in [4.78, 5) is 12.7. The van der Waals surface area contributed by atoms with Crippen LogP contribution in [0.2, 0.25) is 0 Å². The molecule has 0 radical (unpaired) electrons. The van der Waals surface area contributed by atoms with Gasteiger partial charge in [0.15, 0.2) is 11.5 Å². The summed E-state index contributed by atoms with van der Waals surface area (Å²) in [7, 11) is -3.96. The van der Waals surface area contributed by atoms with E-state index in [4.69, 9.17) is 9.47 Å². The van der Waals surface area contributed by atoms with Crippen molar-refractivity contribution >= 4 is 27.8 Å². The molecule has 0 saturated carbocycles. The van der Waals surface area contributed by atoms with Crippen LogP contribution >= 0.6 is 0 Å². The van der Waals surface area contributed by atoms with Crippen LogP contribution in [0.5, 0.6) is 11.5 Å². The second kappa shape index (κ2) is 9.74. The molecule has 0 unspecified atom stereocenters. The van der Waals surface area contributed by atoms with E-state index < -0.39 is 22.5 Å². The summed E-state index contributed by atoms with van der Waals surface area (Å²) in [5.74, 6) is 0.666. The molecule has 0 fully saturated rings. The monoisotopic (exact) mass is 465 g/mol. The van der Waals surface area contributed by atoms with Crippen molar-refractivity contribution in [3.63, 3.8) is 0 Å². The lowest BCUT2D eigenvalue weighted by molar-refractivity contribution is -0.119. The minimum atomic E-state index is -3.96. The van der Waals surface area contributed by atoms with E-state index in [1.165, 1.54) is 18.3 Å². The van der Waals surface area contributed by atoms with Crippen molar-refractivity contribution in [2.24, 2.45) is 5.10 Å². The standard InChI is InChI=1S/C24H23N3O5S/c1-2-18-8-11-20(12-9-18)27(33(29,30)21-6-4-3-5-7-21)16-24(28)26-25-15-19-10-13-22-23(14-19)32-17-31-22/h3-15H,2,16-17H2,1H3,(H,26,28)/b25-15-. The van der Waals surface area contributed by atoms with Crippen LogP contribution in [0.3, 0.4) is 0 Å². The van der Waals surface area contributed by atoms with Gasteiger partial charge in [-0.15, -0.1) is 0 Å². The molecule has 33 heavy (non-hydrogen) atoms. The molecule has 9 heteroatoms. The maximum absolute atomic E-state index is 13.3. The Morgan fingerprint density at radius 3 is 2.48 bits per heavy atom. The number of benzene rings is 3. The van der Waals surface area contributed by atoms with Gasteiger partial charge in [0.05, 0.1) is 16.8 Å². The van der Waals surface area contributed by atoms with E-state index in [1.807, 2.05) is 19.1 Å². The van der Waals surface area contributed by atoms with Gasteiger partial charge in [-0.2, -0.15) is 5.10 Å². The quantitative estimate of drug-likeness (QED) is 0.407. The van der Waals surface area contributed by atoms with Gasteiger partial charge < -0.3 is 9.47 Å². The molecule has 1 aliphatic rings. The van der Waals surface area contributed by atoms with Crippen LogP contribution in [0.25, 0.3) is 0 Å². The third-order valence-corrected chi connectivity index (χ3v) is 6.84. The van der Waals surface area contributed by atoms with Gasteiger partial charge >= 0.3 is 0 Å². The molecule has 0 saturated heterocycles. The number of carbonyl (C=O) groups excluding carboxylic acids is 1. The molecule has 1 amide bonds.